The summed E-state index contributed by atoms with van der Waals surface area (Å²) in [5, 5.41) is 3.31. The summed E-state index contributed by atoms with van der Waals surface area (Å²) in [5.74, 6) is 1.81. The molecule has 0 aliphatic carbocycles. The summed E-state index contributed by atoms with van der Waals surface area (Å²) in [6.45, 7) is 1.46. The van der Waals surface area contributed by atoms with Gasteiger partial charge in [-0.1, -0.05) is 22.0 Å². The number of ether oxygens (including phenoxy) is 1. The molecule has 0 amide bonds. The Kier molecular flexibility index (Phi) is 4.23. The van der Waals surface area contributed by atoms with Crippen molar-refractivity contribution in [3.8, 4) is 5.75 Å². The Morgan fingerprint density at radius 1 is 1.29 bits per heavy atom. The lowest BCUT2D eigenvalue weighted by atomic mass is 10.2. The molecule has 1 aromatic carbocycles. The molecule has 90 valence electrons. The minimum absolute atomic E-state index is 0.715. The van der Waals surface area contributed by atoms with Crippen molar-refractivity contribution in [1.29, 1.82) is 0 Å². The highest BCUT2D eigenvalue weighted by molar-refractivity contribution is 9.10. The number of furan rings is 1. The van der Waals surface area contributed by atoms with Gasteiger partial charge in [0, 0.05) is 16.6 Å². The fourth-order valence-corrected chi connectivity index (χ4v) is 1.94. The molecule has 0 radical (unpaired) electrons. The second kappa shape index (κ2) is 5.89. The molecule has 0 unspecified atom stereocenters. The zero-order chi connectivity index (χ0) is 12.1. The van der Waals surface area contributed by atoms with E-state index in [4.69, 9.17) is 9.15 Å². The van der Waals surface area contributed by atoms with Crippen LogP contribution in [0.15, 0.2) is 45.5 Å². The second-order valence-corrected chi connectivity index (χ2v) is 4.55. The number of hydrogen-bond donors (Lipinski definition) is 1. The van der Waals surface area contributed by atoms with E-state index in [1.807, 2.05) is 30.3 Å². The maximum atomic E-state index is 5.32. The Morgan fingerprint density at radius 3 is 2.88 bits per heavy atom. The first-order chi connectivity index (χ1) is 8.29. The highest BCUT2D eigenvalue weighted by atomic mass is 79.9. The molecular weight excluding hydrogens is 282 g/mol. The van der Waals surface area contributed by atoms with Crippen LogP contribution in [0.4, 0.5) is 0 Å². The number of methoxy groups -OCH3 is 1. The summed E-state index contributed by atoms with van der Waals surface area (Å²) in [6, 6.07) is 9.84. The summed E-state index contributed by atoms with van der Waals surface area (Å²) in [7, 11) is 1.68. The topological polar surface area (TPSA) is 34.4 Å². The number of hydrogen-bond acceptors (Lipinski definition) is 3. The van der Waals surface area contributed by atoms with Gasteiger partial charge in [-0.25, -0.2) is 0 Å². The van der Waals surface area contributed by atoms with Crippen LogP contribution < -0.4 is 10.1 Å². The molecule has 4 heteroatoms. The molecule has 1 N–H and O–H groups in total. The van der Waals surface area contributed by atoms with E-state index in [9.17, 15) is 0 Å². The largest absolute Gasteiger partial charge is 0.496 e. The summed E-state index contributed by atoms with van der Waals surface area (Å²) in [6.07, 6.45) is 1.68. The Bertz CT molecular complexity index is 468. The van der Waals surface area contributed by atoms with E-state index < -0.39 is 0 Å². The van der Waals surface area contributed by atoms with Crippen molar-refractivity contribution in [2.75, 3.05) is 7.11 Å². The molecule has 0 aliphatic rings. The third kappa shape index (κ3) is 3.35. The van der Waals surface area contributed by atoms with Crippen molar-refractivity contribution in [2.45, 2.75) is 13.1 Å². The molecule has 1 heterocycles. The first-order valence-electron chi connectivity index (χ1n) is 5.35. The van der Waals surface area contributed by atoms with Crippen LogP contribution in [0.3, 0.4) is 0 Å². The molecule has 2 rings (SSSR count). The molecular formula is C13H14BrNO2. The molecule has 2 aromatic rings. The van der Waals surface area contributed by atoms with Gasteiger partial charge in [-0.15, -0.1) is 0 Å². The van der Waals surface area contributed by atoms with Crippen molar-refractivity contribution in [2.24, 2.45) is 0 Å². The van der Waals surface area contributed by atoms with E-state index in [-0.39, 0.29) is 0 Å². The van der Waals surface area contributed by atoms with Crippen molar-refractivity contribution in [1.82, 2.24) is 5.32 Å². The fraction of sp³-hybridized carbons (Fsp3) is 0.231. The van der Waals surface area contributed by atoms with E-state index >= 15 is 0 Å². The average molecular weight is 296 g/mol. The third-order valence-electron chi connectivity index (χ3n) is 2.44. The standard InChI is InChI=1S/C13H14BrNO2/c1-16-13-7-11(14)5-4-10(13)8-15-9-12-3-2-6-17-12/h2-7,15H,8-9H2,1H3. The molecule has 3 nitrogen and oxygen atoms in total. The molecule has 0 atom stereocenters. The second-order valence-electron chi connectivity index (χ2n) is 3.64. The molecule has 0 aliphatic heterocycles. The lowest BCUT2D eigenvalue weighted by molar-refractivity contribution is 0.406. The molecule has 0 spiro atoms. The third-order valence-corrected chi connectivity index (χ3v) is 2.94. The molecule has 17 heavy (non-hydrogen) atoms. The van der Waals surface area contributed by atoms with Crippen molar-refractivity contribution < 1.29 is 9.15 Å². The van der Waals surface area contributed by atoms with Gasteiger partial charge in [0.05, 0.1) is 19.9 Å². The lowest BCUT2D eigenvalue weighted by Gasteiger charge is -2.09. The van der Waals surface area contributed by atoms with Gasteiger partial charge in [0.25, 0.3) is 0 Å². The minimum atomic E-state index is 0.715. The maximum absolute atomic E-state index is 5.32. The molecule has 0 saturated carbocycles. The first-order valence-corrected chi connectivity index (χ1v) is 6.14. The monoisotopic (exact) mass is 295 g/mol. The lowest BCUT2D eigenvalue weighted by Crippen LogP contribution is -2.12. The zero-order valence-electron chi connectivity index (χ0n) is 9.57. The summed E-state index contributed by atoms with van der Waals surface area (Å²) < 4.78 is 11.6. The van der Waals surface area contributed by atoms with Crippen LogP contribution in [0.1, 0.15) is 11.3 Å². The van der Waals surface area contributed by atoms with Gasteiger partial charge < -0.3 is 14.5 Å². The van der Waals surface area contributed by atoms with Gasteiger partial charge in [0.15, 0.2) is 0 Å². The Morgan fingerprint density at radius 2 is 2.18 bits per heavy atom. The summed E-state index contributed by atoms with van der Waals surface area (Å²) in [5.41, 5.74) is 1.13. The zero-order valence-corrected chi connectivity index (χ0v) is 11.2. The predicted molar refractivity (Wildman–Crippen MR) is 69.9 cm³/mol. The van der Waals surface area contributed by atoms with Gasteiger partial charge in [0.2, 0.25) is 0 Å². The van der Waals surface area contributed by atoms with Crippen LogP contribution in [0.25, 0.3) is 0 Å². The first kappa shape index (κ1) is 12.2. The SMILES string of the molecule is COc1cc(Br)ccc1CNCc1ccco1. The van der Waals surface area contributed by atoms with Crippen LogP contribution in [-0.2, 0) is 13.1 Å². The Labute approximate surface area is 109 Å². The Balaban J connectivity index is 1.94. The molecule has 0 bridgehead atoms. The number of nitrogens with one attached hydrogen (secondary N) is 1. The smallest absolute Gasteiger partial charge is 0.124 e. The normalized spacial score (nSPS) is 10.5. The predicted octanol–water partition coefficient (Wildman–Crippen LogP) is 3.34. The molecule has 0 saturated heterocycles. The number of halogens is 1. The fourth-order valence-electron chi connectivity index (χ4n) is 1.60. The highest BCUT2D eigenvalue weighted by Gasteiger charge is 2.03. The molecule has 0 fully saturated rings. The van der Waals surface area contributed by atoms with Gasteiger partial charge in [-0.3, -0.25) is 0 Å². The van der Waals surface area contributed by atoms with E-state index in [0.29, 0.717) is 6.54 Å². The van der Waals surface area contributed by atoms with Crippen LogP contribution in [0, 0.1) is 0 Å². The van der Waals surface area contributed by atoms with Crippen molar-refractivity contribution >= 4 is 15.9 Å². The van der Waals surface area contributed by atoms with Crippen LogP contribution in [0.2, 0.25) is 0 Å². The van der Waals surface area contributed by atoms with Crippen LogP contribution >= 0.6 is 15.9 Å². The van der Waals surface area contributed by atoms with Crippen molar-refractivity contribution in [3.05, 3.63) is 52.4 Å². The average Bonchev–Trinajstić information content (AvgIpc) is 2.84. The van der Waals surface area contributed by atoms with E-state index in [1.165, 1.54) is 0 Å². The van der Waals surface area contributed by atoms with Gasteiger partial charge in [0.1, 0.15) is 11.5 Å². The van der Waals surface area contributed by atoms with E-state index in [1.54, 1.807) is 13.4 Å². The maximum Gasteiger partial charge on any atom is 0.124 e. The van der Waals surface area contributed by atoms with Crippen LogP contribution in [-0.4, -0.2) is 7.11 Å². The summed E-state index contributed by atoms with van der Waals surface area (Å²) in [4.78, 5) is 0. The van der Waals surface area contributed by atoms with Gasteiger partial charge in [-0.05, 0) is 24.3 Å². The number of benzene rings is 1. The van der Waals surface area contributed by atoms with Crippen molar-refractivity contribution in [3.63, 3.8) is 0 Å². The number of rotatable bonds is 5. The minimum Gasteiger partial charge on any atom is -0.496 e. The van der Waals surface area contributed by atoms with Gasteiger partial charge >= 0.3 is 0 Å². The quantitative estimate of drug-likeness (QED) is 0.919. The van der Waals surface area contributed by atoms with Crippen LogP contribution in [0.5, 0.6) is 5.75 Å². The Hall–Kier alpha value is -1.26. The highest BCUT2D eigenvalue weighted by Crippen LogP contribution is 2.23. The summed E-state index contributed by atoms with van der Waals surface area (Å²) >= 11 is 3.42. The van der Waals surface area contributed by atoms with E-state index in [2.05, 4.69) is 21.2 Å². The van der Waals surface area contributed by atoms with Gasteiger partial charge in [-0.2, -0.15) is 0 Å². The van der Waals surface area contributed by atoms with E-state index in [0.717, 1.165) is 28.1 Å². The molecule has 1 aromatic heterocycles.